The van der Waals surface area contributed by atoms with Crippen LogP contribution in [0.15, 0.2) is 47.3 Å². The lowest BCUT2D eigenvalue weighted by molar-refractivity contribution is -0.142. The number of carboxylic acid groups (broad SMARTS) is 1. The van der Waals surface area contributed by atoms with E-state index in [0.717, 1.165) is 24.8 Å². The summed E-state index contributed by atoms with van der Waals surface area (Å²) >= 11 is 0. The monoisotopic (exact) mass is 341 g/mol. The molecule has 2 atom stereocenters. The van der Waals surface area contributed by atoms with E-state index < -0.39 is 12.0 Å². The molecule has 2 unspecified atom stereocenters. The third-order valence-corrected chi connectivity index (χ3v) is 4.87. The van der Waals surface area contributed by atoms with Gasteiger partial charge in [-0.05, 0) is 60.8 Å². The average Bonchev–Trinajstić information content (AvgIpc) is 3.13. The third-order valence-electron chi connectivity index (χ3n) is 4.87. The smallest absolute Gasteiger partial charge is 0.326 e. The first kappa shape index (κ1) is 17.3. The van der Waals surface area contributed by atoms with Gasteiger partial charge in [0.05, 0.1) is 12.5 Å². The first-order valence-electron chi connectivity index (χ1n) is 8.74. The van der Waals surface area contributed by atoms with Gasteiger partial charge in [-0.3, -0.25) is 4.79 Å². The van der Waals surface area contributed by atoms with Crippen molar-refractivity contribution in [2.24, 2.45) is 0 Å². The molecule has 0 spiro atoms. The molecule has 132 valence electrons. The Hall–Kier alpha value is -2.56. The van der Waals surface area contributed by atoms with Gasteiger partial charge in [-0.15, -0.1) is 0 Å². The Labute approximate surface area is 147 Å². The predicted molar refractivity (Wildman–Crippen MR) is 93.3 cm³/mol. The number of aryl methyl sites for hydroxylation is 2. The first-order chi connectivity index (χ1) is 12.1. The molecule has 1 amide bonds. The lowest BCUT2D eigenvalue weighted by atomic mass is 9.79. The summed E-state index contributed by atoms with van der Waals surface area (Å²) in [6, 6.07) is 9.16. The molecule has 5 nitrogen and oxygen atoms in total. The Balaban J connectivity index is 1.60. The van der Waals surface area contributed by atoms with Gasteiger partial charge >= 0.3 is 5.97 Å². The van der Waals surface area contributed by atoms with Crippen LogP contribution in [0.1, 0.15) is 48.3 Å². The molecule has 1 heterocycles. The molecule has 0 aliphatic heterocycles. The molecule has 0 saturated carbocycles. The van der Waals surface area contributed by atoms with Gasteiger partial charge in [0, 0.05) is 6.42 Å². The molecular weight excluding hydrogens is 318 g/mol. The number of hydrogen-bond donors (Lipinski definition) is 2. The number of carboxylic acids is 1. The van der Waals surface area contributed by atoms with Crippen molar-refractivity contribution in [2.45, 2.75) is 50.5 Å². The summed E-state index contributed by atoms with van der Waals surface area (Å²) in [7, 11) is 0. The van der Waals surface area contributed by atoms with Gasteiger partial charge in [0.25, 0.3) is 0 Å². The molecule has 1 aliphatic rings. The number of carbonyl (C=O) groups excluding carboxylic acids is 1. The Morgan fingerprint density at radius 3 is 2.88 bits per heavy atom. The van der Waals surface area contributed by atoms with Crippen LogP contribution in [0.4, 0.5) is 0 Å². The van der Waals surface area contributed by atoms with Crippen molar-refractivity contribution in [1.82, 2.24) is 5.32 Å². The predicted octanol–water partition coefficient (Wildman–Crippen LogP) is 3.29. The minimum Gasteiger partial charge on any atom is -0.480 e. The molecule has 2 N–H and O–H groups in total. The van der Waals surface area contributed by atoms with E-state index in [9.17, 15) is 14.7 Å². The van der Waals surface area contributed by atoms with Gasteiger partial charge in [-0.1, -0.05) is 24.3 Å². The van der Waals surface area contributed by atoms with Crippen LogP contribution >= 0.6 is 0 Å². The molecule has 1 aliphatic carbocycles. The van der Waals surface area contributed by atoms with E-state index in [0.29, 0.717) is 12.8 Å². The molecule has 1 aromatic heterocycles. The van der Waals surface area contributed by atoms with Crippen molar-refractivity contribution >= 4 is 11.9 Å². The zero-order chi connectivity index (χ0) is 17.6. The second-order valence-corrected chi connectivity index (χ2v) is 6.61. The molecule has 2 aromatic rings. The first-order valence-corrected chi connectivity index (χ1v) is 8.74. The number of carbonyl (C=O) groups is 2. The standard InChI is InChI=1S/C20H23NO4/c22-19(9-8-14-10-11-25-13-14)21-18(20(23)24)12-16-6-3-5-15-4-1-2-7-17(15)16/h1-2,4,7,10-11,13,16,18H,3,5-6,8-9,12H2,(H,21,22)(H,23,24). The van der Waals surface area contributed by atoms with Gasteiger partial charge in [0.1, 0.15) is 6.04 Å². The number of fused-ring (bicyclic) bond motifs is 1. The van der Waals surface area contributed by atoms with E-state index in [2.05, 4.69) is 17.4 Å². The minimum atomic E-state index is -0.972. The molecule has 0 bridgehead atoms. The fourth-order valence-electron chi connectivity index (χ4n) is 3.56. The Bertz CT molecular complexity index is 723. The van der Waals surface area contributed by atoms with Crippen LogP contribution in [-0.2, 0) is 22.4 Å². The average molecular weight is 341 g/mol. The highest BCUT2D eigenvalue weighted by molar-refractivity contribution is 5.83. The van der Waals surface area contributed by atoms with Gasteiger partial charge < -0.3 is 14.8 Å². The second kappa shape index (κ2) is 8.01. The van der Waals surface area contributed by atoms with Crippen LogP contribution in [0, 0.1) is 0 Å². The summed E-state index contributed by atoms with van der Waals surface area (Å²) < 4.78 is 4.97. The fourth-order valence-corrected chi connectivity index (χ4v) is 3.56. The Morgan fingerprint density at radius 1 is 1.28 bits per heavy atom. The van der Waals surface area contributed by atoms with Crippen molar-refractivity contribution in [3.8, 4) is 0 Å². The maximum atomic E-state index is 12.1. The number of aliphatic carboxylic acids is 1. The summed E-state index contributed by atoms with van der Waals surface area (Å²) in [6.07, 6.45) is 7.46. The van der Waals surface area contributed by atoms with Crippen LogP contribution in [0.3, 0.4) is 0 Å². The van der Waals surface area contributed by atoms with Crippen LogP contribution in [0.2, 0.25) is 0 Å². The number of nitrogens with one attached hydrogen (secondary N) is 1. The van der Waals surface area contributed by atoms with Gasteiger partial charge in [-0.25, -0.2) is 4.79 Å². The number of rotatable bonds is 7. The third kappa shape index (κ3) is 4.50. The molecule has 0 fully saturated rings. The van der Waals surface area contributed by atoms with Crippen LogP contribution < -0.4 is 5.32 Å². The van der Waals surface area contributed by atoms with Crippen molar-refractivity contribution in [3.05, 3.63) is 59.5 Å². The zero-order valence-electron chi connectivity index (χ0n) is 14.1. The number of benzene rings is 1. The summed E-state index contributed by atoms with van der Waals surface area (Å²) in [5.41, 5.74) is 3.46. The molecule has 0 radical (unpaired) electrons. The van der Waals surface area contributed by atoms with E-state index in [-0.39, 0.29) is 18.2 Å². The molecule has 0 saturated heterocycles. The Kier molecular flexibility index (Phi) is 5.53. The highest BCUT2D eigenvalue weighted by Gasteiger charge is 2.28. The van der Waals surface area contributed by atoms with Crippen molar-refractivity contribution < 1.29 is 19.1 Å². The molecule has 3 rings (SSSR count). The lowest BCUT2D eigenvalue weighted by Crippen LogP contribution is -2.42. The van der Waals surface area contributed by atoms with E-state index >= 15 is 0 Å². The summed E-state index contributed by atoms with van der Waals surface area (Å²) in [5.74, 6) is -1.03. The maximum absolute atomic E-state index is 12.1. The molecular formula is C20H23NO4. The normalized spacial score (nSPS) is 17.5. The van der Waals surface area contributed by atoms with E-state index in [4.69, 9.17) is 4.42 Å². The van der Waals surface area contributed by atoms with E-state index in [1.807, 2.05) is 12.1 Å². The van der Waals surface area contributed by atoms with Crippen LogP contribution in [0.25, 0.3) is 0 Å². The van der Waals surface area contributed by atoms with Crippen LogP contribution in [-0.4, -0.2) is 23.0 Å². The van der Waals surface area contributed by atoms with E-state index in [1.165, 1.54) is 11.1 Å². The maximum Gasteiger partial charge on any atom is 0.326 e. The minimum absolute atomic E-state index is 0.181. The fraction of sp³-hybridized carbons (Fsp3) is 0.400. The lowest BCUT2D eigenvalue weighted by Gasteiger charge is -2.28. The van der Waals surface area contributed by atoms with E-state index in [1.54, 1.807) is 18.6 Å². The van der Waals surface area contributed by atoms with Crippen molar-refractivity contribution in [1.29, 1.82) is 0 Å². The highest BCUT2D eigenvalue weighted by Crippen LogP contribution is 2.34. The SMILES string of the molecule is O=C(CCc1ccoc1)NC(CC1CCCc2ccccc21)C(=O)O. The van der Waals surface area contributed by atoms with Gasteiger partial charge in [-0.2, -0.15) is 0 Å². The van der Waals surface area contributed by atoms with Gasteiger partial charge in [0.15, 0.2) is 0 Å². The summed E-state index contributed by atoms with van der Waals surface area (Å²) in [5, 5.41) is 12.2. The topological polar surface area (TPSA) is 79.5 Å². The molecule has 1 aromatic carbocycles. The van der Waals surface area contributed by atoms with Crippen LogP contribution in [0.5, 0.6) is 0 Å². The molecule has 5 heteroatoms. The van der Waals surface area contributed by atoms with Crippen molar-refractivity contribution in [2.75, 3.05) is 0 Å². The second-order valence-electron chi connectivity index (χ2n) is 6.61. The number of amides is 1. The highest BCUT2D eigenvalue weighted by atomic mass is 16.4. The number of furan rings is 1. The molecule has 25 heavy (non-hydrogen) atoms. The van der Waals surface area contributed by atoms with Crippen molar-refractivity contribution in [3.63, 3.8) is 0 Å². The largest absolute Gasteiger partial charge is 0.480 e. The zero-order valence-corrected chi connectivity index (χ0v) is 14.1. The van der Waals surface area contributed by atoms with Gasteiger partial charge in [0.2, 0.25) is 5.91 Å². The summed E-state index contributed by atoms with van der Waals surface area (Å²) in [6.45, 7) is 0. The number of hydrogen-bond acceptors (Lipinski definition) is 3. The Morgan fingerprint density at radius 2 is 2.12 bits per heavy atom. The quantitative estimate of drug-likeness (QED) is 0.810. The summed E-state index contributed by atoms with van der Waals surface area (Å²) in [4.78, 5) is 23.8.